The molecule has 1 saturated heterocycles. The lowest BCUT2D eigenvalue weighted by molar-refractivity contribution is -0.152. The van der Waals surface area contributed by atoms with E-state index in [0.717, 1.165) is 19.3 Å². The van der Waals surface area contributed by atoms with E-state index in [4.69, 9.17) is 10.5 Å². The second-order valence-corrected chi connectivity index (χ2v) is 12.8. The molecular weight excluding hydrogens is 422 g/mol. The fraction of sp³-hybridized carbons (Fsp3) is 0.880. The minimum Gasteiger partial charge on any atom is -0.444 e. The fourth-order valence-corrected chi connectivity index (χ4v) is 7.70. The highest BCUT2D eigenvalue weighted by atomic mass is 16.6. The van der Waals surface area contributed by atoms with Gasteiger partial charge in [-0.2, -0.15) is 0 Å². The van der Waals surface area contributed by atoms with Gasteiger partial charge in [-0.1, -0.05) is 13.8 Å². The van der Waals surface area contributed by atoms with Gasteiger partial charge in [-0.3, -0.25) is 9.59 Å². The second kappa shape index (κ2) is 7.85. The average Bonchev–Trinajstić information content (AvgIpc) is 3.06. The normalized spacial score (nSPS) is 42.8. The first-order valence-electron chi connectivity index (χ1n) is 12.5. The lowest BCUT2D eigenvalue weighted by Gasteiger charge is -2.55. The molecule has 8 heteroatoms. The van der Waals surface area contributed by atoms with Gasteiger partial charge in [0.1, 0.15) is 17.7 Å². The Morgan fingerprint density at radius 2 is 1.82 bits per heavy atom. The van der Waals surface area contributed by atoms with Gasteiger partial charge in [-0.25, -0.2) is 4.79 Å². The summed E-state index contributed by atoms with van der Waals surface area (Å²) < 4.78 is 5.54. The van der Waals surface area contributed by atoms with E-state index in [0.29, 0.717) is 31.1 Å². The molecule has 3 saturated carbocycles. The number of amides is 3. The Bertz CT molecular complexity index is 832. The highest BCUT2D eigenvalue weighted by molar-refractivity contribution is 5.93. The first-order chi connectivity index (χ1) is 15.1. The maximum atomic E-state index is 14.2. The van der Waals surface area contributed by atoms with E-state index in [2.05, 4.69) is 19.2 Å². The Labute approximate surface area is 197 Å². The molecule has 3 aliphatic carbocycles. The lowest BCUT2D eigenvalue weighted by Crippen LogP contribution is -2.64. The molecule has 0 aromatic carbocycles. The summed E-state index contributed by atoms with van der Waals surface area (Å²) in [5.74, 6) is 0.490. The van der Waals surface area contributed by atoms with E-state index in [9.17, 15) is 19.5 Å². The van der Waals surface area contributed by atoms with Crippen LogP contribution in [0.3, 0.4) is 0 Å². The molecule has 4 rings (SSSR count). The lowest BCUT2D eigenvalue weighted by atomic mass is 9.53. The molecule has 8 nitrogen and oxygen atoms in total. The summed E-state index contributed by atoms with van der Waals surface area (Å²) in [6.07, 6.45) is 3.54. The van der Waals surface area contributed by atoms with Crippen LogP contribution >= 0.6 is 0 Å². The summed E-state index contributed by atoms with van der Waals surface area (Å²) in [5, 5.41) is 14.1. The van der Waals surface area contributed by atoms with E-state index in [1.54, 1.807) is 25.7 Å². The molecule has 0 aromatic heterocycles. The molecule has 33 heavy (non-hydrogen) atoms. The van der Waals surface area contributed by atoms with Crippen LogP contribution in [-0.4, -0.2) is 57.2 Å². The van der Waals surface area contributed by atoms with E-state index in [1.165, 1.54) is 0 Å². The van der Waals surface area contributed by atoms with Crippen molar-refractivity contribution >= 4 is 17.9 Å². The number of primary amides is 1. The summed E-state index contributed by atoms with van der Waals surface area (Å²) in [6, 6.07) is -1.54. The summed E-state index contributed by atoms with van der Waals surface area (Å²) in [7, 11) is 0. The number of likely N-dealkylation sites (tertiary alicyclic amines) is 1. The van der Waals surface area contributed by atoms with E-state index < -0.39 is 40.7 Å². The van der Waals surface area contributed by atoms with Crippen molar-refractivity contribution in [1.29, 1.82) is 0 Å². The van der Waals surface area contributed by atoms with Gasteiger partial charge < -0.3 is 25.8 Å². The van der Waals surface area contributed by atoms with Crippen LogP contribution in [-0.2, 0) is 14.3 Å². The molecule has 3 amide bonds. The summed E-state index contributed by atoms with van der Waals surface area (Å²) in [4.78, 5) is 41.1. The van der Waals surface area contributed by atoms with Crippen molar-refractivity contribution in [1.82, 2.24) is 10.2 Å². The standard InChI is InChI=1S/C25H41N3O5/c1-13-7-15-10-24(6,32)12-25(9-13,11-15)19(27-22(31)33-23(3,4)5)21(30)28-17(20(26)29)8-16-14(2)18(16)28/h13-19,32H,7-12H2,1-6H3,(H2,26,29)(H,27,31). The van der Waals surface area contributed by atoms with Crippen LogP contribution in [0.15, 0.2) is 0 Å². The van der Waals surface area contributed by atoms with Crippen LogP contribution in [0.2, 0.25) is 0 Å². The molecule has 4 aliphatic rings. The topological polar surface area (TPSA) is 122 Å². The number of fused-ring (bicyclic) bond motifs is 3. The number of hydrogen-bond acceptors (Lipinski definition) is 5. The molecule has 0 aromatic rings. The molecule has 9 atom stereocenters. The fourth-order valence-electron chi connectivity index (χ4n) is 7.70. The highest BCUT2D eigenvalue weighted by Gasteiger charge is 2.64. The molecule has 1 heterocycles. The molecule has 1 aliphatic heterocycles. The number of carbonyl (C=O) groups excluding carboxylic acids is 3. The van der Waals surface area contributed by atoms with Crippen molar-refractivity contribution in [2.75, 3.05) is 0 Å². The molecule has 0 spiro atoms. The number of piperidine rings is 1. The van der Waals surface area contributed by atoms with Gasteiger partial charge in [0.2, 0.25) is 11.8 Å². The monoisotopic (exact) mass is 463 g/mol. The average molecular weight is 464 g/mol. The zero-order valence-corrected chi connectivity index (χ0v) is 20.9. The van der Waals surface area contributed by atoms with Crippen LogP contribution in [0, 0.1) is 29.1 Å². The number of alkyl carbamates (subject to hydrolysis) is 1. The predicted molar refractivity (Wildman–Crippen MR) is 123 cm³/mol. The van der Waals surface area contributed by atoms with Crippen LogP contribution < -0.4 is 11.1 Å². The molecule has 0 radical (unpaired) electrons. The first-order valence-corrected chi connectivity index (χ1v) is 12.5. The summed E-state index contributed by atoms with van der Waals surface area (Å²) in [5.41, 5.74) is 3.47. The smallest absolute Gasteiger partial charge is 0.408 e. The van der Waals surface area contributed by atoms with Crippen LogP contribution in [0.1, 0.15) is 80.1 Å². The number of hydrogen-bond donors (Lipinski definition) is 3. The summed E-state index contributed by atoms with van der Waals surface area (Å²) >= 11 is 0. The van der Waals surface area contributed by atoms with Gasteiger partial charge in [-0.05, 0) is 89.9 Å². The van der Waals surface area contributed by atoms with Gasteiger partial charge in [0.15, 0.2) is 0 Å². The molecule has 2 bridgehead atoms. The Morgan fingerprint density at radius 1 is 1.15 bits per heavy atom. The molecule has 4 N–H and O–H groups in total. The van der Waals surface area contributed by atoms with Crippen LogP contribution in [0.4, 0.5) is 4.79 Å². The molecular formula is C25H41N3O5. The first kappa shape index (κ1) is 24.3. The van der Waals surface area contributed by atoms with Crippen molar-refractivity contribution < 1.29 is 24.2 Å². The van der Waals surface area contributed by atoms with Crippen molar-refractivity contribution in [2.24, 2.45) is 34.8 Å². The van der Waals surface area contributed by atoms with E-state index >= 15 is 0 Å². The zero-order valence-electron chi connectivity index (χ0n) is 20.9. The number of nitrogens with two attached hydrogens (primary N) is 1. The van der Waals surface area contributed by atoms with E-state index in [1.807, 2.05) is 6.92 Å². The van der Waals surface area contributed by atoms with Gasteiger partial charge >= 0.3 is 6.09 Å². The quantitative estimate of drug-likeness (QED) is 0.591. The molecule has 186 valence electrons. The van der Waals surface area contributed by atoms with E-state index in [-0.39, 0.29) is 23.8 Å². The number of ether oxygens (including phenoxy) is 1. The molecule has 9 unspecified atom stereocenters. The third-order valence-electron chi connectivity index (χ3n) is 8.41. The van der Waals surface area contributed by atoms with Crippen LogP contribution in [0.25, 0.3) is 0 Å². The number of rotatable bonds is 4. The van der Waals surface area contributed by atoms with Crippen molar-refractivity contribution in [3.8, 4) is 0 Å². The highest BCUT2D eigenvalue weighted by Crippen LogP contribution is 2.58. The summed E-state index contributed by atoms with van der Waals surface area (Å²) in [6.45, 7) is 11.5. The maximum absolute atomic E-state index is 14.2. The maximum Gasteiger partial charge on any atom is 0.408 e. The third kappa shape index (κ3) is 4.60. The largest absolute Gasteiger partial charge is 0.444 e. The van der Waals surface area contributed by atoms with Gasteiger partial charge in [0, 0.05) is 11.5 Å². The van der Waals surface area contributed by atoms with Crippen LogP contribution in [0.5, 0.6) is 0 Å². The molecule has 4 fully saturated rings. The van der Waals surface area contributed by atoms with Crippen molar-refractivity contribution in [2.45, 2.75) is 109 Å². The Balaban J connectivity index is 1.71. The number of nitrogens with one attached hydrogen (secondary N) is 1. The predicted octanol–water partition coefficient (Wildman–Crippen LogP) is 2.57. The third-order valence-corrected chi connectivity index (χ3v) is 8.41. The second-order valence-electron chi connectivity index (χ2n) is 12.8. The zero-order chi connectivity index (χ0) is 24.5. The Hall–Kier alpha value is -1.83. The van der Waals surface area contributed by atoms with Crippen molar-refractivity contribution in [3.05, 3.63) is 0 Å². The number of aliphatic hydroxyl groups is 1. The Morgan fingerprint density at radius 3 is 2.42 bits per heavy atom. The number of nitrogens with zero attached hydrogens (tertiary/aromatic N) is 1. The minimum absolute atomic E-state index is 0.0183. The van der Waals surface area contributed by atoms with Gasteiger partial charge in [-0.15, -0.1) is 0 Å². The SMILES string of the molecule is CC1CC2CC(C)(O)CC(C(NC(=O)OC(C)(C)C)C(=O)N3C(C(N)=O)CC4C(C)C43)(C1)C2. The van der Waals surface area contributed by atoms with Crippen molar-refractivity contribution in [3.63, 3.8) is 0 Å². The van der Waals surface area contributed by atoms with Gasteiger partial charge in [0.05, 0.1) is 5.60 Å². The van der Waals surface area contributed by atoms with Gasteiger partial charge in [0.25, 0.3) is 0 Å². The number of carbonyl (C=O) groups is 3. The Kier molecular flexibility index (Phi) is 5.78. The minimum atomic E-state index is -0.916.